The number of halogens is 1. The van der Waals surface area contributed by atoms with E-state index in [1.165, 1.54) is 23.5 Å². The summed E-state index contributed by atoms with van der Waals surface area (Å²) in [6, 6.07) is 6.02. The Balaban J connectivity index is 2.02. The minimum atomic E-state index is -0.278. The standard InChI is InChI=1S/C12H12FN3OS/c1-14-11(17)6-10-7-18-12(16-10)15-9-4-2-8(13)3-5-9/h2-5,7H,6H2,1H3,(H,14,17)(H,15,16). The second-order valence-electron chi connectivity index (χ2n) is 3.63. The van der Waals surface area contributed by atoms with Gasteiger partial charge >= 0.3 is 0 Å². The summed E-state index contributed by atoms with van der Waals surface area (Å²) in [4.78, 5) is 15.4. The van der Waals surface area contributed by atoms with Gasteiger partial charge in [-0.25, -0.2) is 9.37 Å². The van der Waals surface area contributed by atoms with E-state index in [0.717, 1.165) is 5.69 Å². The first-order valence-electron chi connectivity index (χ1n) is 5.35. The fourth-order valence-electron chi connectivity index (χ4n) is 1.36. The molecule has 1 amide bonds. The van der Waals surface area contributed by atoms with Crippen molar-refractivity contribution in [2.75, 3.05) is 12.4 Å². The third kappa shape index (κ3) is 3.27. The average Bonchev–Trinajstić information content (AvgIpc) is 2.79. The molecule has 2 rings (SSSR count). The van der Waals surface area contributed by atoms with E-state index in [0.29, 0.717) is 10.8 Å². The molecule has 0 bridgehead atoms. The maximum absolute atomic E-state index is 12.7. The van der Waals surface area contributed by atoms with Crippen LogP contribution >= 0.6 is 11.3 Å². The molecule has 1 heterocycles. The molecule has 0 saturated carbocycles. The second-order valence-corrected chi connectivity index (χ2v) is 4.48. The van der Waals surface area contributed by atoms with E-state index < -0.39 is 0 Å². The quantitative estimate of drug-likeness (QED) is 0.892. The zero-order chi connectivity index (χ0) is 13.0. The first-order chi connectivity index (χ1) is 8.67. The number of carbonyl (C=O) groups excluding carboxylic acids is 1. The smallest absolute Gasteiger partial charge is 0.225 e. The van der Waals surface area contributed by atoms with Crippen LogP contribution in [0.5, 0.6) is 0 Å². The van der Waals surface area contributed by atoms with Gasteiger partial charge < -0.3 is 10.6 Å². The summed E-state index contributed by atoms with van der Waals surface area (Å²) >= 11 is 1.41. The van der Waals surface area contributed by atoms with Gasteiger partial charge in [0.15, 0.2) is 5.13 Å². The highest BCUT2D eigenvalue weighted by molar-refractivity contribution is 7.13. The highest BCUT2D eigenvalue weighted by atomic mass is 32.1. The lowest BCUT2D eigenvalue weighted by atomic mass is 10.3. The highest BCUT2D eigenvalue weighted by Gasteiger charge is 2.06. The second kappa shape index (κ2) is 5.59. The number of anilines is 2. The molecule has 1 aromatic carbocycles. The van der Waals surface area contributed by atoms with E-state index in [9.17, 15) is 9.18 Å². The van der Waals surface area contributed by atoms with Crippen LogP contribution in [0.25, 0.3) is 0 Å². The summed E-state index contributed by atoms with van der Waals surface area (Å²) in [6.07, 6.45) is 0.262. The fourth-order valence-corrected chi connectivity index (χ4v) is 2.09. The molecule has 2 N–H and O–H groups in total. The predicted molar refractivity (Wildman–Crippen MR) is 69.6 cm³/mol. The van der Waals surface area contributed by atoms with Crippen LogP contribution in [-0.2, 0) is 11.2 Å². The maximum atomic E-state index is 12.7. The number of hydrogen-bond donors (Lipinski definition) is 2. The van der Waals surface area contributed by atoms with Crippen LogP contribution in [0.1, 0.15) is 5.69 Å². The van der Waals surface area contributed by atoms with E-state index in [1.807, 2.05) is 5.38 Å². The monoisotopic (exact) mass is 265 g/mol. The number of amides is 1. The van der Waals surface area contributed by atoms with Gasteiger partial charge in [0.05, 0.1) is 12.1 Å². The number of hydrogen-bond acceptors (Lipinski definition) is 4. The number of aromatic nitrogens is 1. The summed E-state index contributed by atoms with van der Waals surface area (Å²) in [5.41, 5.74) is 1.47. The van der Waals surface area contributed by atoms with Crippen molar-refractivity contribution >= 4 is 28.1 Å². The first kappa shape index (κ1) is 12.5. The molecule has 0 aliphatic carbocycles. The van der Waals surface area contributed by atoms with Gasteiger partial charge in [-0.1, -0.05) is 0 Å². The Bertz CT molecular complexity index is 539. The Kier molecular flexibility index (Phi) is 3.88. The highest BCUT2D eigenvalue weighted by Crippen LogP contribution is 2.21. The zero-order valence-corrected chi connectivity index (χ0v) is 10.6. The van der Waals surface area contributed by atoms with Crippen LogP contribution in [0, 0.1) is 5.82 Å². The minimum absolute atomic E-state index is 0.0753. The van der Waals surface area contributed by atoms with Crippen LogP contribution in [0.2, 0.25) is 0 Å². The SMILES string of the molecule is CNC(=O)Cc1csc(Nc2ccc(F)cc2)n1. The zero-order valence-electron chi connectivity index (χ0n) is 9.74. The van der Waals surface area contributed by atoms with Crippen molar-refractivity contribution in [1.29, 1.82) is 0 Å². The molecule has 94 valence electrons. The lowest BCUT2D eigenvalue weighted by Gasteiger charge is -2.01. The van der Waals surface area contributed by atoms with E-state index in [-0.39, 0.29) is 18.1 Å². The van der Waals surface area contributed by atoms with Crippen molar-refractivity contribution in [3.63, 3.8) is 0 Å². The molecule has 1 aromatic heterocycles. The maximum Gasteiger partial charge on any atom is 0.225 e. The lowest BCUT2D eigenvalue weighted by molar-refractivity contribution is -0.120. The Morgan fingerprint density at radius 1 is 1.39 bits per heavy atom. The molecule has 6 heteroatoms. The van der Waals surface area contributed by atoms with Crippen LogP contribution in [0.3, 0.4) is 0 Å². The first-order valence-corrected chi connectivity index (χ1v) is 6.23. The number of thiazole rings is 1. The largest absolute Gasteiger partial charge is 0.359 e. The third-order valence-corrected chi connectivity index (χ3v) is 3.07. The Morgan fingerprint density at radius 3 is 2.78 bits per heavy atom. The molecule has 0 atom stereocenters. The minimum Gasteiger partial charge on any atom is -0.359 e. The normalized spacial score (nSPS) is 10.1. The predicted octanol–water partition coefficient (Wildman–Crippen LogP) is 2.31. The van der Waals surface area contributed by atoms with Crippen LogP contribution in [-0.4, -0.2) is 17.9 Å². The number of nitrogens with one attached hydrogen (secondary N) is 2. The molecular formula is C12H12FN3OS. The Morgan fingerprint density at radius 2 is 2.11 bits per heavy atom. The van der Waals surface area contributed by atoms with Crippen molar-refractivity contribution in [2.24, 2.45) is 0 Å². The lowest BCUT2D eigenvalue weighted by Crippen LogP contribution is -2.20. The summed E-state index contributed by atoms with van der Waals surface area (Å²) in [5.74, 6) is -0.353. The molecule has 0 fully saturated rings. The molecule has 2 aromatic rings. The van der Waals surface area contributed by atoms with Crippen LogP contribution in [0.15, 0.2) is 29.6 Å². The fraction of sp³-hybridized carbons (Fsp3) is 0.167. The topological polar surface area (TPSA) is 54.0 Å². The van der Waals surface area contributed by atoms with Crippen molar-refractivity contribution < 1.29 is 9.18 Å². The van der Waals surface area contributed by atoms with Gasteiger partial charge in [0.2, 0.25) is 5.91 Å². The van der Waals surface area contributed by atoms with E-state index in [1.54, 1.807) is 19.2 Å². The van der Waals surface area contributed by atoms with E-state index >= 15 is 0 Å². The number of likely N-dealkylation sites (N-methyl/N-ethyl adjacent to an activating group) is 1. The molecular weight excluding hydrogens is 253 g/mol. The third-order valence-electron chi connectivity index (χ3n) is 2.27. The molecule has 0 radical (unpaired) electrons. The van der Waals surface area contributed by atoms with Gasteiger partial charge in [0.1, 0.15) is 5.82 Å². The molecule has 18 heavy (non-hydrogen) atoms. The average molecular weight is 265 g/mol. The molecule has 0 saturated heterocycles. The molecule has 4 nitrogen and oxygen atoms in total. The van der Waals surface area contributed by atoms with Gasteiger partial charge in [-0.2, -0.15) is 0 Å². The molecule has 0 spiro atoms. The Labute approximate surface area is 108 Å². The number of nitrogens with zero attached hydrogens (tertiary/aromatic N) is 1. The Hall–Kier alpha value is -1.95. The van der Waals surface area contributed by atoms with Gasteiger partial charge in [-0.15, -0.1) is 11.3 Å². The van der Waals surface area contributed by atoms with Gasteiger partial charge in [0.25, 0.3) is 0 Å². The summed E-state index contributed by atoms with van der Waals surface area (Å²) in [7, 11) is 1.59. The van der Waals surface area contributed by atoms with Crippen molar-refractivity contribution in [3.8, 4) is 0 Å². The molecule has 0 unspecified atom stereocenters. The molecule has 0 aliphatic rings. The number of rotatable bonds is 4. The van der Waals surface area contributed by atoms with Crippen LogP contribution in [0.4, 0.5) is 15.2 Å². The molecule has 0 aliphatic heterocycles. The summed E-state index contributed by atoms with van der Waals surface area (Å²) in [5, 5.41) is 8.10. The summed E-state index contributed by atoms with van der Waals surface area (Å²) < 4.78 is 12.7. The van der Waals surface area contributed by atoms with Crippen molar-refractivity contribution in [1.82, 2.24) is 10.3 Å². The number of benzene rings is 1. The van der Waals surface area contributed by atoms with Crippen molar-refractivity contribution in [2.45, 2.75) is 6.42 Å². The van der Waals surface area contributed by atoms with E-state index in [2.05, 4.69) is 15.6 Å². The number of carbonyl (C=O) groups is 1. The van der Waals surface area contributed by atoms with Gasteiger partial charge in [-0.05, 0) is 24.3 Å². The van der Waals surface area contributed by atoms with Gasteiger partial charge in [0, 0.05) is 18.1 Å². The summed E-state index contributed by atoms with van der Waals surface area (Å²) in [6.45, 7) is 0. The van der Waals surface area contributed by atoms with Crippen LogP contribution < -0.4 is 10.6 Å². The van der Waals surface area contributed by atoms with Gasteiger partial charge in [-0.3, -0.25) is 4.79 Å². The van der Waals surface area contributed by atoms with E-state index in [4.69, 9.17) is 0 Å². The van der Waals surface area contributed by atoms with Crippen molar-refractivity contribution in [3.05, 3.63) is 41.2 Å².